The normalized spacial score (nSPS) is 12.2. The first-order chi connectivity index (χ1) is 11.2. The van der Waals surface area contributed by atoms with Gasteiger partial charge in [0.2, 0.25) is 5.91 Å². The molecule has 0 fully saturated rings. The first-order valence-electron chi connectivity index (χ1n) is 7.60. The Labute approximate surface area is 136 Å². The largest absolute Gasteiger partial charge is 0.508 e. The second kappa shape index (κ2) is 8.76. The molecule has 1 atom stereocenters. The fourth-order valence-corrected chi connectivity index (χ4v) is 2.15. The van der Waals surface area contributed by atoms with E-state index in [1.165, 1.54) is 6.08 Å². The van der Waals surface area contributed by atoms with Gasteiger partial charge in [-0.25, -0.2) is 0 Å². The van der Waals surface area contributed by atoms with Crippen molar-refractivity contribution in [3.63, 3.8) is 0 Å². The van der Waals surface area contributed by atoms with Crippen molar-refractivity contribution >= 4 is 12.0 Å². The summed E-state index contributed by atoms with van der Waals surface area (Å²) in [7, 11) is 0. The number of phenols is 1. The van der Waals surface area contributed by atoms with Crippen molar-refractivity contribution in [2.24, 2.45) is 0 Å². The van der Waals surface area contributed by atoms with Crippen LogP contribution in [0.2, 0.25) is 0 Å². The van der Waals surface area contributed by atoms with E-state index in [9.17, 15) is 9.90 Å². The van der Waals surface area contributed by atoms with Crippen LogP contribution in [0, 0.1) is 0 Å². The van der Waals surface area contributed by atoms with Gasteiger partial charge in [0.25, 0.3) is 0 Å². The van der Waals surface area contributed by atoms with Crippen LogP contribution in [0.1, 0.15) is 24.2 Å². The number of carbonyl (C=O) groups excluding carboxylic acids is 1. The van der Waals surface area contributed by atoms with E-state index in [2.05, 4.69) is 5.32 Å². The topological polar surface area (TPSA) is 58.6 Å². The molecule has 23 heavy (non-hydrogen) atoms. The number of aromatic hydroxyl groups is 1. The quantitative estimate of drug-likeness (QED) is 0.771. The molecule has 0 spiro atoms. The highest BCUT2D eigenvalue weighted by Gasteiger charge is 2.12. The lowest BCUT2D eigenvalue weighted by Crippen LogP contribution is -2.28. The minimum atomic E-state index is -0.241. The number of ether oxygens (including phenoxy) is 1. The molecule has 0 saturated heterocycles. The third kappa shape index (κ3) is 5.60. The minimum Gasteiger partial charge on any atom is -0.508 e. The predicted molar refractivity (Wildman–Crippen MR) is 91.0 cm³/mol. The second-order valence-corrected chi connectivity index (χ2v) is 5.02. The fraction of sp³-hybridized carbons (Fsp3) is 0.211. The van der Waals surface area contributed by atoms with Crippen LogP contribution in [0.15, 0.2) is 60.7 Å². The summed E-state index contributed by atoms with van der Waals surface area (Å²) in [6.45, 7) is 2.82. The summed E-state index contributed by atoms with van der Waals surface area (Å²) in [6, 6.07) is 16.5. The van der Waals surface area contributed by atoms with Crippen LogP contribution in [-0.2, 0) is 9.53 Å². The third-order valence-electron chi connectivity index (χ3n) is 3.32. The third-order valence-corrected chi connectivity index (χ3v) is 3.32. The summed E-state index contributed by atoms with van der Waals surface area (Å²) in [5, 5.41) is 12.2. The van der Waals surface area contributed by atoms with Crippen LogP contribution >= 0.6 is 0 Å². The SMILES string of the molecule is CCOC(CNC(=O)/C=C/c1ccccc1)c1ccc(O)cc1. The van der Waals surface area contributed by atoms with Crippen LogP contribution < -0.4 is 5.32 Å². The van der Waals surface area contributed by atoms with E-state index in [4.69, 9.17) is 4.74 Å². The van der Waals surface area contributed by atoms with E-state index < -0.39 is 0 Å². The predicted octanol–water partition coefficient (Wildman–Crippen LogP) is 3.30. The molecule has 0 aliphatic heterocycles. The maximum atomic E-state index is 11.9. The molecule has 0 aromatic heterocycles. The van der Waals surface area contributed by atoms with Crippen LogP contribution in [0.5, 0.6) is 5.75 Å². The molecule has 120 valence electrons. The molecule has 2 aromatic carbocycles. The van der Waals surface area contributed by atoms with Crippen molar-refractivity contribution in [2.75, 3.05) is 13.2 Å². The summed E-state index contributed by atoms with van der Waals surface area (Å²) >= 11 is 0. The van der Waals surface area contributed by atoms with Gasteiger partial charge in [0.15, 0.2) is 0 Å². The standard InChI is InChI=1S/C19H21NO3/c1-2-23-18(16-9-11-17(21)12-10-16)14-20-19(22)13-8-15-6-4-3-5-7-15/h3-13,18,21H,2,14H2,1H3,(H,20,22)/b13-8+. The molecule has 2 rings (SSSR count). The van der Waals surface area contributed by atoms with E-state index in [1.54, 1.807) is 30.3 Å². The zero-order valence-electron chi connectivity index (χ0n) is 13.1. The Kier molecular flexibility index (Phi) is 6.39. The molecule has 2 N–H and O–H groups in total. The Balaban J connectivity index is 1.92. The average Bonchev–Trinajstić information content (AvgIpc) is 2.58. The van der Waals surface area contributed by atoms with Gasteiger partial charge >= 0.3 is 0 Å². The first-order valence-corrected chi connectivity index (χ1v) is 7.60. The Bertz CT molecular complexity index is 635. The maximum absolute atomic E-state index is 11.9. The Morgan fingerprint density at radius 1 is 1.17 bits per heavy atom. The Morgan fingerprint density at radius 2 is 1.87 bits per heavy atom. The lowest BCUT2D eigenvalue weighted by atomic mass is 10.1. The summed E-state index contributed by atoms with van der Waals surface area (Å²) in [5.74, 6) is 0.0381. The second-order valence-electron chi connectivity index (χ2n) is 5.02. The monoisotopic (exact) mass is 311 g/mol. The van der Waals surface area contributed by atoms with Crippen molar-refractivity contribution in [1.82, 2.24) is 5.32 Å². The number of nitrogens with one attached hydrogen (secondary N) is 1. The molecule has 0 bridgehead atoms. The van der Waals surface area contributed by atoms with Gasteiger partial charge in [0.05, 0.1) is 6.10 Å². The number of rotatable bonds is 7. The van der Waals surface area contributed by atoms with E-state index >= 15 is 0 Å². The van der Waals surface area contributed by atoms with E-state index in [1.807, 2.05) is 37.3 Å². The van der Waals surface area contributed by atoms with Gasteiger partial charge in [0, 0.05) is 19.2 Å². The summed E-state index contributed by atoms with van der Waals surface area (Å²) in [5.41, 5.74) is 1.89. The van der Waals surface area contributed by atoms with Crippen LogP contribution in [-0.4, -0.2) is 24.2 Å². The van der Waals surface area contributed by atoms with Crippen molar-refractivity contribution in [3.05, 3.63) is 71.8 Å². The summed E-state index contributed by atoms with van der Waals surface area (Å²) in [6.07, 6.45) is 3.04. The Hall–Kier alpha value is -2.59. The number of amides is 1. The molecule has 0 radical (unpaired) electrons. The number of phenolic OH excluding ortho intramolecular Hbond substituents is 1. The van der Waals surface area contributed by atoms with Crippen molar-refractivity contribution in [1.29, 1.82) is 0 Å². The zero-order chi connectivity index (χ0) is 16.5. The summed E-state index contributed by atoms with van der Waals surface area (Å²) < 4.78 is 5.66. The molecule has 1 unspecified atom stereocenters. The average molecular weight is 311 g/mol. The molecule has 4 nitrogen and oxygen atoms in total. The van der Waals surface area contributed by atoms with Crippen LogP contribution in [0.4, 0.5) is 0 Å². The van der Waals surface area contributed by atoms with E-state index in [0.29, 0.717) is 13.2 Å². The van der Waals surface area contributed by atoms with E-state index in [0.717, 1.165) is 11.1 Å². The molecule has 0 saturated carbocycles. The van der Waals surface area contributed by atoms with Gasteiger partial charge < -0.3 is 15.2 Å². The van der Waals surface area contributed by atoms with Gasteiger partial charge in [-0.05, 0) is 36.3 Å². The lowest BCUT2D eigenvalue weighted by Gasteiger charge is -2.17. The zero-order valence-corrected chi connectivity index (χ0v) is 13.1. The van der Waals surface area contributed by atoms with Crippen LogP contribution in [0.3, 0.4) is 0 Å². The first kappa shape index (κ1) is 16.8. The van der Waals surface area contributed by atoms with E-state index in [-0.39, 0.29) is 17.8 Å². The molecule has 4 heteroatoms. The van der Waals surface area contributed by atoms with Gasteiger partial charge in [-0.3, -0.25) is 4.79 Å². The molecule has 0 heterocycles. The fourth-order valence-electron chi connectivity index (χ4n) is 2.15. The number of hydrogen-bond donors (Lipinski definition) is 2. The molecule has 0 aliphatic carbocycles. The maximum Gasteiger partial charge on any atom is 0.244 e. The summed E-state index contributed by atoms with van der Waals surface area (Å²) in [4.78, 5) is 11.9. The molecule has 1 amide bonds. The van der Waals surface area contributed by atoms with Gasteiger partial charge in [-0.15, -0.1) is 0 Å². The number of carbonyl (C=O) groups is 1. The van der Waals surface area contributed by atoms with Crippen molar-refractivity contribution < 1.29 is 14.6 Å². The number of benzene rings is 2. The van der Waals surface area contributed by atoms with Gasteiger partial charge in [-0.1, -0.05) is 42.5 Å². The highest BCUT2D eigenvalue weighted by Crippen LogP contribution is 2.19. The van der Waals surface area contributed by atoms with Gasteiger partial charge in [0.1, 0.15) is 5.75 Å². The molecule has 2 aromatic rings. The smallest absolute Gasteiger partial charge is 0.244 e. The van der Waals surface area contributed by atoms with Crippen LogP contribution in [0.25, 0.3) is 6.08 Å². The Morgan fingerprint density at radius 3 is 2.52 bits per heavy atom. The number of hydrogen-bond acceptors (Lipinski definition) is 3. The lowest BCUT2D eigenvalue weighted by molar-refractivity contribution is -0.117. The minimum absolute atomic E-state index is 0.169. The van der Waals surface area contributed by atoms with Gasteiger partial charge in [-0.2, -0.15) is 0 Å². The van der Waals surface area contributed by atoms with Crippen molar-refractivity contribution in [3.8, 4) is 5.75 Å². The van der Waals surface area contributed by atoms with Crippen molar-refractivity contribution in [2.45, 2.75) is 13.0 Å². The highest BCUT2D eigenvalue weighted by atomic mass is 16.5. The molecular formula is C19H21NO3. The highest BCUT2D eigenvalue weighted by molar-refractivity contribution is 5.91. The molecule has 0 aliphatic rings. The molecular weight excluding hydrogens is 290 g/mol.